The van der Waals surface area contributed by atoms with Gasteiger partial charge in [-0.2, -0.15) is 0 Å². The van der Waals surface area contributed by atoms with Crippen LogP contribution in [0.15, 0.2) is 6.07 Å². The number of aromatic nitrogens is 1. The van der Waals surface area contributed by atoms with Crippen molar-refractivity contribution in [3.05, 3.63) is 23.0 Å². The van der Waals surface area contributed by atoms with Gasteiger partial charge in [0.1, 0.15) is 6.04 Å². The number of alkyl halides is 1. The van der Waals surface area contributed by atoms with E-state index in [4.69, 9.17) is 11.6 Å². The average Bonchev–Trinajstić information content (AvgIpc) is 2.65. The number of rotatable bonds is 3. The van der Waals surface area contributed by atoms with E-state index in [0.29, 0.717) is 18.4 Å². The van der Waals surface area contributed by atoms with E-state index in [2.05, 4.69) is 5.32 Å². The number of aryl methyl sites for hydroxylation is 1. The number of nitrogens with zero attached hydrogens (tertiary/aromatic N) is 1. The van der Waals surface area contributed by atoms with E-state index in [0.717, 1.165) is 11.4 Å². The van der Waals surface area contributed by atoms with Crippen molar-refractivity contribution in [2.24, 2.45) is 0 Å². The third-order valence-corrected chi connectivity index (χ3v) is 3.67. The third kappa shape index (κ3) is 2.42. The van der Waals surface area contributed by atoms with Crippen molar-refractivity contribution in [2.75, 3.05) is 5.88 Å². The Labute approximate surface area is 115 Å². The van der Waals surface area contributed by atoms with Crippen LogP contribution in [0.25, 0.3) is 0 Å². The molecule has 1 aromatic rings. The van der Waals surface area contributed by atoms with E-state index in [1.54, 1.807) is 13.0 Å². The molecule has 1 aromatic heterocycles. The van der Waals surface area contributed by atoms with Gasteiger partial charge in [-0.05, 0) is 26.3 Å². The van der Waals surface area contributed by atoms with Gasteiger partial charge in [0.25, 0.3) is 0 Å². The van der Waals surface area contributed by atoms with Gasteiger partial charge in [-0.15, -0.1) is 11.6 Å². The summed E-state index contributed by atoms with van der Waals surface area (Å²) in [5.74, 6) is -0.809. The number of carbonyl (C=O) groups excluding carboxylic acids is 3. The van der Waals surface area contributed by atoms with Crippen molar-refractivity contribution >= 4 is 29.2 Å². The van der Waals surface area contributed by atoms with E-state index in [9.17, 15) is 14.4 Å². The predicted molar refractivity (Wildman–Crippen MR) is 70.4 cm³/mol. The zero-order valence-corrected chi connectivity index (χ0v) is 11.6. The summed E-state index contributed by atoms with van der Waals surface area (Å²) < 4.78 is 1.81. The van der Waals surface area contributed by atoms with Gasteiger partial charge in [0.05, 0.1) is 5.88 Å². The number of piperidine rings is 1. The lowest BCUT2D eigenvalue weighted by Gasteiger charge is -2.25. The molecular formula is C13H15ClN2O3. The second-order valence-electron chi connectivity index (χ2n) is 4.68. The molecule has 1 aliphatic rings. The molecule has 5 nitrogen and oxygen atoms in total. The fourth-order valence-electron chi connectivity index (χ4n) is 2.54. The summed E-state index contributed by atoms with van der Waals surface area (Å²) >= 11 is 5.57. The van der Waals surface area contributed by atoms with Crippen LogP contribution in [0.1, 0.15) is 40.6 Å². The van der Waals surface area contributed by atoms with Crippen LogP contribution in [0.3, 0.4) is 0 Å². The van der Waals surface area contributed by atoms with Crippen LogP contribution < -0.4 is 5.32 Å². The smallest absolute Gasteiger partial charge is 0.249 e. The highest BCUT2D eigenvalue weighted by Crippen LogP contribution is 2.26. The molecule has 1 N–H and O–H groups in total. The first-order chi connectivity index (χ1) is 8.95. The first-order valence-corrected chi connectivity index (χ1v) is 6.60. The highest BCUT2D eigenvalue weighted by molar-refractivity contribution is 6.30. The molecule has 19 heavy (non-hydrogen) atoms. The lowest BCUT2D eigenvalue weighted by atomic mass is 10.1. The maximum Gasteiger partial charge on any atom is 0.249 e. The molecular weight excluding hydrogens is 268 g/mol. The molecule has 1 fully saturated rings. The predicted octanol–water partition coefficient (Wildman–Crippen LogP) is 1.50. The quantitative estimate of drug-likeness (QED) is 0.519. The summed E-state index contributed by atoms with van der Waals surface area (Å²) in [6.45, 7) is 3.62. The second kappa shape index (κ2) is 5.17. The molecule has 1 saturated heterocycles. The highest BCUT2D eigenvalue weighted by Gasteiger charge is 2.30. The zero-order valence-electron chi connectivity index (χ0n) is 10.8. The molecule has 0 aliphatic carbocycles. The van der Waals surface area contributed by atoms with Gasteiger partial charge in [0.2, 0.25) is 11.8 Å². The number of hydrogen-bond acceptors (Lipinski definition) is 3. The fourth-order valence-corrected chi connectivity index (χ4v) is 2.68. The van der Waals surface area contributed by atoms with Gasteiger partial charge in [-0.25, -0.2) is 0 Å². The van der Waals surface area contributed by atoms with Crippen molar-refractivity contribution in [2.45, 2.75) is 32.7 Å². The Bertz CT molecular complexity index is 562. The summed E-state index contributed by atoms with van der Waals surface area (Å²) in [6, 6.07) is 1.30. The van der Waals surface area contributed by atoms with Crippen LogP contribution in [0.2, 0.25) is 0 Å². The second-order valence-corrected chi connectivity index (χ2v) is 4.95. The van der Waals surface area contributed by atoms with Crippen LogP contribution in [-0.4, -0.2) is 28.0 Å². The number of imide groups is 1. The Morgan fingerprint density at radius 3 is 2.74 bits per heavy atom. The summed E-state index contributed by atoms with van der Waals surface area (Å²) in [6.07, 6.45) is 0.766. The minimum atomic E-state index is -0.436. The van der Waals surface area contributed by atoms with Gasteiger partial charge in [0.15, 0.2) is 5.78 Å². The molecule has 102 valence electrons. The first-order valence-electron chi connectivity index (χ1n) is 6.07. The largest absolute Gasteiger partial charge is 0.336 e. The van der Waals surface area contributed by atoms with E-state index >= 15 is 0 Å². The van der Waals surface area contributed by atoms with E-state index in [1.165, 1.54) is 0 Å². The van der Waals surface area contributed by atoms with Gasteiger partial charge in [-0.1, -0.05) is 0 Å². The molecule has 2 heterocycles. The molecule has 2 rings (SSSR count). The molecule has 0 saturated carbocycles. The molecule has 1 atom stereocenters. The zero-order chi connectivity index (χ0) is 14.2. The lowest BCUT2D eigenvalue weighted by Crippen LogP contribution is -2.42. The van der Waals surface area contributed by atoms with Crippen molar-refractivity contribution in [1.82, 2.24) is 9.88 Å². The van der Waals surface area contributed by atoms with Crippen LogP contribution in [0.5, 0.6) is 0 Å². The summed E-state index contributed by atoms with van der Waals surface area (Å²) in [4.78, 5) is 34.8. The number of halogens is 1. The number of nitrogens with one attached hydrogen (secondary N) is 1. The van der Waals surface area contributed by atoms with Crippen molar-refractivity contribution in [1.29, 1.82) is 0 Å². The molecule has 0 radical (unpaired) electrons. The van der Waals surface area contributed by atoms with E-state index < -0.39 is 6.04 Å². The standard InChI is InChI=1S/C13H15ClN2O3/c1-7-5-9(11(17)6-14)8(2)16(7)10-3-4-12(18)15-13(10)19/h5,10H,3-4,6H2,1-2H3,(H,15,18,19). The topological polar surface area (TPSA) is 68.2 Å². The van der Waals surface area contributed by atoms with E-state index in [-0.39, 0.29) is 23.5 Å². The Morgan fingerprint density at radius 2 is 2.16 bits per heavy atom. The molecule has 6 heteroatoms. The Hall–Kier alpha value is -1.62. The lowest BCUT2D eigenvalue weighted by molar-refractivity contribution is -0.135. The van der Waals surface area contributed by atoms with Gasteiger partial charge < -0.3 is 4.57 Å². The Kier molecular flexibility index (Phi) is 3.75. The monoisotopic (exact) mass is 282 g/mol. The van der Waals surface area contributed by atoms with Gasteiger partial charge in [-0.3, -0.25) is 19.7 Å². The van der Waals surface area contributed by atoms with Crippen LogP contribution >= 0.6 is 11.6 Å². The Balaban J connectivity index is 2.40. The van der Waals surface area contributed by atoms with E-state index in [1.807, 2.05) is 11.5 Å². The molecule has 1 unspecified atom stereocenters. The Morgan fingerprint density at radius 1 is 1.47 bits per heavy atom. The minimum absolute atomic E-state index is 0.0837. The number of hydrogen-bond donors (Lipinski definition) is 1. The summed E-state index contributed by atoms with van der Waals surface area (Å²) in [5.41, 5.74) is 2.08. The van der Waals surface area contributed by atoms with Crippen molar-refractivity contribution in [3.8, 4) is 0 Å². The normalized spacial score (nSPS) is 19.4. The minimum Gasteiger partial charge on any atom is -0.336 e. The van der Waals surface area contributed by atoms with Crippen LogP contribution in [0, 0.1) is 13.8 Å². The van der Waals surface area contributed by atoms with Crippen molar-refractivity contribution in [3.63, 3.8) is 0 Å². The molecule has 0 aromatic carbocycles. The number of amides is 2. The van der Waals surface area contributed by atoms with Crippen molar-refractivity contribution < 1.29 is 14.4 Å². The molecule has 0 spiro atoms. The van der Waals surface area contributed by atoms with Gasteiger partial charge in [0, 0.05) is 23.4 Å². The number of ketones is 1. The SMILES string of the molecule is Cc1cc(C(=O)CCl)c(C)n1C1CCC(=O)NC1=O. The molecule has 2 amide bonds. The maximum absolute atomic E-state index is 11.9. The third-order valence-electron chi connectivity index (χ3n) is 3.43. The number of Topliss-reactive ketones (excluding diaryl/α,β-unsaturated/α-hetero) is 1. The summed E-state index contributed by atoms with van der Waals surface area (Å²) in [5, 5.41) is 2.33. The fraction of sp³-hybridized carbons (Fsp3) is 0.462. The summed E-state index contributed by atoms with van der Waals surface area (Å²) in [7, 11) is 0. The van der Waals surface area contributed by atoms with Crippen LogP contribution in [0.4, 0.5) is 0 Å². The number of carbonyl (C=O) groups is 3. The maximum atomic E-state index is 11.9. The average molecular weight is 283 g/mol. The first kappa shape index (κ1) is 13.8. The molecule has 1 aliphatic heterocycles. The van der Waals surface area contributed by atoms with Crippen LogP contribution in [-0.2, 0) is 9.59 Å². The molecule has 0 bridgehead atoms. The van der Waals surface area contributed by atoms with Gasteiger partial charge >= 0.3 is 0 Å². The highest BCUT2D eigenvalue weighted by atomic mass is 35.5.